The van der Waals surface area contributed by atoms with E-state index in [1.807, 2.05) is 13.8 Å². The van der Waals surface area contributed by atoms with Gasteiger partial charge in [-0.1, -0.05) is 13.8 Å². The summed E-state index contributed by atoms with van der Waals surface area (Å²) in [6, 6.07) is 3.42. The number of hydrogen-bond donors (Lipinski definition) is 1. The number of rotatable bonds is 2. The molecule has 1 saturated heterocycles. The van der Waals surface area contributed by atoms with E-state index in [1.165, 1.54) is 10.4 Å². The summed E-state index contributed by atoms with van der Waals surface area (Å²) < 4.78 is 39.3. The molecule has 0 aliphatic carbocycles. The summed E-state index contributed by atoms with van der Waals surface area (Å²) in [5.74, 6) is 0.00665. The number of benzene rings is 1. The second-order valence-corrected chi connectivity index (χ2v) is 6.87. The third kappa shape index (κ3) is 2.22. The molecule has 0 bridgehead atoms. The lowest BCUT2D eigenvalue weighted by atomic mass is 10.0. The summed E-state index contributed by atoms with van der Waals surface area (Å²) in [6.45, 7) is 4.93. The molecule has 0 saturated carbocycles. The van der Waals surface area contributed by atoms with Gasteiger partial charge in [-0.3, -0.25) is 0 Å². The Labute approximate surface area is 107 Å². The molecule has 0 spiro atoms. The van der Waals surface area contributed by atoms with E-state index in [0.717, 1.165) is 12.1 Å². The van der Waals surface area contributed by atoms with Gasteiger partial charge in [-0.25, -0.2) is 12.8 Å². The summed E-state index contributed by atoms with van der Waals surface area (Å²) in [5, 5.41) is 0. The Morgan fingerprint density at radius 1 is 1.28 bits per heavy atom. The molecular formula is C12H17FN2O2S. The van der Waals surface area contributed by atoms with Crippen LogP contribution in [0.15, 0.2) is 23.1 Å². The van der Waals surface area contributed by atoms with E-state index >= 15 is 0 Å². The van der Waals surface area contributed by atoms with Crippen molar-refractivity contribution in [3.63, 3.8) is 0 Å². The summed E-state index contributed by atoms with van der Waals surface area (Å²) in [5.41, 5.74) is 5.73. The van der Waals surface area contributed by atoms with Crippen LogP contribution in [0, 0.1) is 17.7 Å². The fraction of sp³-hybridized carbons (Fsp3) is 0.500. The Morgan fingerprint density at radius 2 is 1.83 bits per heavy atom. The molecule has 18 heavy (non-hydrogen) atoms. The van der Waals surface area contributed by atoms with Gasteiger partial charge in [0, 0.05) is 13.1 Å². The number of nitrogens with two attached hydrogens (primary N) is 1. The van der Waals surface area contributed by atoms with Gasteiger partial charge in [0.15, 0.2) is 0 Å². The van der Waals surface area contributed by atoms with Crippen molar-refractivity contribution in [1.82, 2.24) is 4.31 Å². The lowest BCUT2D eigenvalue weighted by Crippen LogP contribution is -2.29. The lowest BCUT2D eigenvalue weighted by molar-refractivity contribution is 0.463. The average Bonchev–Trinajstić information content (AvgIpc) is 2.63. The zero-order valence-corrected chi connectivity index (χ0v) is 11.2. The van der Waals surface area contributed by atoms with Crippen molar-refractivity contribution in [2.75, 3.05) is 18.8 Å². The Kier molecular flexibility index (Phi) is 3.33. The van der Waals surface area contributed by atoms with Gasteiger partial charge >= 0.3 is 0 Å². The Hall–Kier alpha value is -1.14. The highest BCUT2D eigenvalue weighted by atomic mass is 32.2. The van der Waals surface area contributed by atoms with Gasteiger partial charge < -0.3 is 5.73 Å². The second-order valence-electron chi connectivity index (χ2n) is 4.96. The van der Waals surface area contributed by atoms with Gasteiger partial charge in [-0.15, -0.1) is 0 Å². The molecule has 1 heterocycles. The summed E-state index contributed by atoms with van der Waals surface area (Å²) in [7, 11) is -3.69. The van der Waals surface area contributed by atoms with E-state index in [0.29, 0.717) is 24.9 Å². The van der Waals surface area contributed by atoms with Crippen molar-refractivity contribution in [2.45, 2.75) is 18.7 Å². The predicted molar refractivity (Wildman–Crippen MR) is 67.9 cm³/mol. The Balaban J connectivity index is 2.40. The van der Waals surface area contributed by atoms with E-state index < -0.39 is 15.8 Å². The van der Waals surface area contributed by atoms with Crippen molar-refractivity contribution < 1.29 is 12.8 Å². The van der Waals surface area contributed by atoms with Crippen LogP contribution in [0.1, 0.15) is 13.8 Å². The third-order valence-electron chi connectivity index (χ3n) is 3.55. The molecule has 2 rings (SSSR count). The van der Waals surface area contributed by atoms with Gasteiger partial charge in [0.05, 0.1) is 5.69 Å². The number of sulfonamides is 1. The smallest absolute Gasteiger partial charge is 0.245 e. The molecule has 2 atom stereocenters. The van der Waals surface area contributed by atoms with Crippen LogP contribution in [0.5, 0.6) is 0 Å². The number of nitrogens with zero attached hydrogens (tertiary/aromatic N) is 1. The Bertz CT molecular complexity index is 549. The summed E-state index contributed by atoms with van der Waals surface area (Å²) in [4.78, 5) is -0.135. The molecular weight excluding hydrogens is 255 g/mol. The van der Waals surface area contributed by atoms with Gasteiger partial charge in [0.2, 0.25) is 10.0 Å². The van der Waals surface area contributed by atoms with Crippen molar-refractivity contribution in [3.8, 4) is 0 Å². The molecule has 1 aromatic rings. The standard InChI is InChI=1S/C12H17FN2O2S/c1-8-6-15(7-9(8)2)18(16,17)12-5-10(13)3-4-11(12)14/h3-5,8-9H,6-7,14H2,1-2H3. The average molecular weight is 272 g/mol. The number of halogens is 1. The lowest BCUT2D eigenvalue weighted by Gasteiger charge is -2.17. The molecule has 0 aromatic heterocycles. The maximum atomic E-state index is 13.2. The normalized spacial score (nSPS) is 25.5. The van der Waals surface area contributed by atoms with Gasteiger partial charge in [-0.2, -0.15) is 4.31 Å². The van der Waals surface area contributed by atoms with Crippen LogP contribution in [0.3, 0.4) is 0 Å². The van der Waals surface area contributed by atoms with Crippen LogP contribution in [0.2, 0.25) is 0 Å². The quantitative estimate of drug-likeness (QED) is 0.833. The Morgan fingerprint density at radius 3 is 2.39 bits per heavy atom. The fourth-order valence-electron chi connectivity index (χ4n) is 2.14. The number of anilines is 1. The topological polar surface area (TPSA) is 63.4 Å². The van der Waals surface area contributed by atoms with E-state index in [2.05, 4.69) is 0 Å². The zero-order chi connectivity index (χ0) is 13.5. The first-order valence-corrected chi connectivity index (χ1v) is 7.31. The van der Waals surface area contributed by atoms with Gasteiger partial charge in [0.1, 0.15) is 10.7 Å². The van der Waals surface area contributed by atoms with Crippen LogP contribution >= 0.6 is 0 Å². The van der Waals surface area contributed by atoms with Crippen LogP contribution in [0.25, 0.3) is 0 Å². The molecule has 1 aliphatic heterocycles. The highest BCUT2D eigenvalue weighted by Crippen LogP contribution is 2.30. The van der Waals surface area contributed by atoms with Crippen LogP contribution in [-0.2, 0) is 10.0 Å². The van der Waals surface area contributed by atoms with Crippen molar-refractivity contribution in [2.24, 2.45) is 11.8 Å². The molecule has 1 fully saturated rings. The van der Waals surface area contributed by atoms with Gasteiger partial charge in [-0.05, 0) is 30.0 Å². The molecule has 0 amide bonds. The first-order chi connectivity index (χ1) is 8.32. The molecule has 1 aliphatic rings. The third-order valence-corrected chi connectivity index (χ3v) is 5.44. The predicted octanol–water partition coefficient (Wildman–Crippen LogP) is 1.68. The van der Waals surface area contributed by atoms with Crippen LogP contribution in [-0.4, -0.2) is 25.8 Å². The van der Waals surface area contributed by atoms with E-state index in [-0.39, 0.29) is 10.6 Å². The van der Waals surface area contributed by atoms with E-state index in [1.54, 1.807) is 0 Å². The first-order valence-electron chi connectivity index (χ1n) is 5.87. The maximum absolute atomic E-state index is 13.2. The molecule has 2 unspecified atom stereocenters. The minimum atomic E-state index is -3.69. The molecule has 4 nitrogen and oxygen atoms in total. The van der Waals surface area contributed by atoms with E-state index in [9.17, 15) is 12.8 Å². The molecule has 1 aromatic carbocycles. The first kappa shape index (κ1) is 13.3. The van der Waals surface area contributed by atoms with Gasteiger partial charge in [0.25, 0.3) is 0 Å². The minimum Gasteiger partial charge on any atom is -0.398 e. The van der Waals surface area contributed by atoms with Crippen molar-refractivity contribution in [3.05, 3.63) is 24.0 Å². The largest absolute Gasteiger partial charge is 0.398 e. The summed E-state index contributed by atoms with van der Waals surface area (Å²) in [6.07, 6.45) is 0. The highest BCUT2D eigenvalue weighted by molar-refractivity contribution is 7.89. The minimum absolute atomic E-state index is 0.0867. The zero-order valence-electron chi connectivity index (χ0n) is 10.4. The molecule has 0 radical (unpaired) electrons. The van der Waals surface area contributed by atoms with Crippen molar-refractivity contribution in [1.29, 1.82) is 0 Å². The second kappa shape index (κ2) is 4.51. The van der Waals surface area contributed by atoms with Crippen molar-refractivity contribution >= 4 is 15.7 Å². The summed E-state index contributed by atoms with van der Waals surface area (Å²) >= 11 is 0. The van der Waals surface area contributed by atoms with E-state index in [4.69, 9.17) is 5.73 Å². The fourth-order valence-corrected chi connectivity index (χ4v) is 3.91. The number of hydrogen-bond acceptors (Lipinski definition) is 3. The number of nitrogen functional groups attached to an aromatic ring is 1. The molecule has 2 N–H and O–H groups in total. The molecule has 6 heteroatoms. The molecule has 100 valence electrons. The SMILES string of the molecule is CC1CN(S(=O)(=O)c2cc(F)ccc2N)CC1C. The van der Waals surface area contributed by atoms with Crippen LogP contribution in [0.4, 0.5) is 10.1 Å². The van der Waals surface area contributed by atoms with Crippen LogP contribution < -0.4 is 5.73 Å². The monoisotopic (exact) mass is 272 g/mol. The maximum Gasteiger partial charge on any atom is 0.245 e. The highest BCUT2D eigenvalue weighted by Gasteiger charge is 2.35.